The highest BCUT2D eigenvalue weighted by atomic mass is 32.2. The molecule has 3 aromatic heterocycles. The van der Waals surface area contributed by atoms with Gasteiger partial charge in [0, 0.05) is 34.7 Å². The number of hydrogen-bond acceptors (Lipinski definition) is 5. The van der Waals surface area contributed by atoms with E-state index in [0.29, 0.717) is 0 Å². The van der Waals surface area contributed by atoms with Crippen LogP contribution in [0.5, 0.6) is 11.5 Å². The number of fused-ring (bicyclic) bond motifs is 3. The highest BCUT2D eigenvalue weighted by Gasteiger charge is 2.25. The Morgan fingerprint density at radius 3 is 2.15 bits per heavy atom. The van der Waals surface area contributed by atoms with E-state index < -0.39 is 0 Å². The third kappa shape index (κ3) is 5.69. The van der Waals surface area contributed by atoms with Crippen molar-refractivity contribution < 1.29 is 4.74 Å². The van der Waals surface area contributed by atoms with Crippen molar-refractivity contribution in [3.63, 3.8) is 0 Å². The first-order chi connectivity index (χ1) is 23.3. The van der Waals surface area contributed by atoms with Crippen molar-refractivity contribution in [2.24, 2.45) is 0 Å². The summed E-state index contributed by atoms with van der Waals surface area (Å²) in [6.07, 6.45) is 1.87. The van der Waals surface area contributed by atoms with E-state index in [2.05, 4.69) is 131 Å². The molecule has 0 bridgehead atoms. The van der Waals surface area contributed by atoms with Crippen LogP contribution in [-0.4, -0.2) is 30.8 Å². The standard InChI is InChI=1S/C41H40N4OS2/c1-8-47-40-39(38-28(6)26(4)22-27(5)29(38)7)41(48-9-2)45(43-40)30-13-12-14-31(23-30)46-32-17-18-34-33-15-10-11-16-35(33)44(36(34)24-32)37-21-25(3)19-20-42-37/h10-24H,8-9H2,1-7H3. The van der Waals surface area contributed by atoms with Gasteiger partial charge in [0.15, 0.2) is 0 Å². The fourth-order valence-electron chi connectivity index (χ4n) is 6.59. The number of ether oxygens (including phenoxy) is 1. The van der Waals surface area contributed by atoms with Crippen LogP contribution in [0.15, 0.2) is 101 Å². The zero-order valence-electron chi connectivity index (χ0n) is 28.6. The van der Waals surface area contributed by atoms with Crippen LogP contribution in [0.1, 0.15) is 41.7 Å². The number of rotatable bonds is 9. The van der Waals surface area contributed by atoms with E-state index in [1.807, 2.05) is 41.9 Å². The van der Waals surface area contributed by atoms with E-state index in [-0.39, 0.29) is 0 Å². The molecule has 0 amide bonds. The molecule has 4 aromatic carbocycles. The molecule has 0 aliphatic heterocycles. The first-order valence-electron chi connectivity index (χ1n) is 16.5. The van der Waals surface area contributed by atoms with E-state index >= 15 is 0 Å². The van der Waals surface area contributed by atoms with Crippen molar-refractivity contribution >= 4 is 45.3 Å². The van der Waals surface area contributed by atoms with Crippen LogP contribution in [0, 0.1) is 34.6 Å². The van der Waals surface area contributed by atoms with Crippen LogP contribution in [0.25, 0.3) is 44.4 Å². The van der Waals surface area contributed by atoms with Crippen molar-refractivity contribution in [3.8, 4) is 34.1 Å². The summed E-state index contributed by atoms with van der Waals surface area (Å²) in [5.74, 6) is 4.31. The fourth-order valence-corrected chi connectivity index (χ4v) is 8.30. The average molecular weight is 669 g/mol. The van der Waals surface area contributed by atoms with Crippen LogP contribution in [0.2, 0.25) is 0 Å². The Balaban J connectivity index is 1.33. The predicted molar refractivity (Wildman–Crippen MR) is 204 cm³/mol. The van der Waals surface area contributed by atoms with Gasteiger partial charge in [-0.25, -0.2) is 9.67 Å². The molecule has 0 aliphatic carbocycles. The summed E-state index contributed by atoms with van der Waals surface area (Å²) in [6.45, 7) is 15.4. The minimum atomic E-state index is 0.760. The molecule has 0 unspecified atom stereocenters. The number of thioether (sulfide) groups is 2. The lowest BCUT2D eigenvalue weighted by Crippen LogP contribution is -2.00. The Kier molecular flexibility index (Phi) is 8.84. The molecule has 0 saturated heterocycles. The van der Waals surface area contributed by atoms with Gasteiger partial charge in [-0.1, -0.05) is 44.2 Å². The molecule has 242 valence electrons. The van der Waals surface area contributed by atoms with E-state index in [1.165, 1.54) is 54.7 Å². The molecule has 0 atom stereocenters. The van der Waals surface area contributed by atoms with Gasteiger partial charge in [0.2, 0.25) is 0 Å². The maximum absolute atomic E-state index is 6.61. The van der Waals surface area contributed by atoms with Crippen molar-refractivity contribution in [2.45, 2.75) is 58.5 Å². The van der Waals surface area contributed by atoms with Crippen molar-refractivity contribution in [2.75, 3.05) is 11.5 Å². The van der Waals surface area contributed by atoms with Crippen LogP contribution in [0.4, 0.5) is 0 Å². The number of pyridine rings is 1. The van der Waals surface area contributed by atoms with Gasteiger partial charge in [0.1, 0.15) is 27.4 Å². The second-order valence-electron chi connectivity index (χ2n) is 12.2. The highest BCUT2D eigenvalue weighted by molar-refractivity contribution is 8.00. The SMILES string of the molecule is CCSc1nn(-c2cccc(Oc3ccc4c5ccccc5n(-c5cc(C)ccn5)c4c3)c2)c(SCC)c1-c1c(C)c(C)cc(C)c1C. The summed E-state index contributed by atoms with van der Waals surface area (Å²) in [6, 6.07) is 29.6. The number of aryl methyl sites for hydroxylation is 3. The molecule has 48 heavy (non-hydrogen) atoms. The van der Waals surface area contributed by atoms with Crippen LogP contribution in [-0.2, 0) is 0 Å². The zero-order valence-corrected chi connectivity index (χ0v) is 30.2. The molecule has 0 fully saturated rings. The fraction of sp³-hybridized carbons (Fsp3) is 0.220. The predicted octanol–water partition coefficient (Wildman–Crippen LogP) is 11.6. The maximum Gasteiger partial charge on any atom is 0.137 e. The quantitative estimate of drug-likeness (QED) is 0.143. The van der Waals surface area contributed by atoms with Crippen molar-refractivity contribution in [1.82, 2.24) is 19.3 Å². The number of para-hydroxylation sites is 1. The summed E-state index contributed by atoms with van der Waals surface area (Å²) in [7, 11) is 0. The lowest BCUT2D eigenvalue weighted by Gasteiger charge is -2.17. The average Bonchev–Trinajstić information content (AvgIpc) is 3.59. The topological polar surface area (TPSA) is 44.9 Å². The van der Waals surface area contributed by atoms with Gasteiger partial charge in [-0.15, -0.1) is 23.5 Å². The Labute approximate surface area is 291 Å². The molecule has 7 heteroatoms. The second kappa shape index (κ2) is 13.2. The van der Waals surface area contributed by atoms with Crippen molar-refractivity contribution in [1.29, 1.82) is 0 Å². The smallest absolute Gasteiger partial charge is 0.137 e. The summed E-state index contributed by atoms with van der Waals surface area (Å²) < 4.78 is 11.0. The van der Waals surface area contributed by atoms with Gasteiger partial charge < -0.3 is 4.74 Å². The zero-order chi connectivity index (χ0) is 33.5. The molecule has 0 aliphatic rings. The lowest BCUT2D eigenvalue weighted by atomic mass is 9.91. The third-order valence-electron chi connectivity index (χ3n) is 9.06. The number of aromatic nitrogens is 4. The molecular weight excluding hydrogens is 629 g/mol. The van der Waals surface area contributed by atoms with Gasteiger partial charge >= 0.3 is 0 Å². The largest absolute Gasteiger partial charge is 0.457 e. The van der Waals surface area contributed by atoms with Crippen molar-refractivity contribution in [3.05, 3.63) is 119 Å². The van der Waals surface area contributed by atoms with E-state index in [9.17, 15) is 0 Å². The second-order valence-corrected chi connectivity index (χ2v) is 14.7. The van der Waals surface area contributed by atoms with Crippen LogP contribution < -0.4 is 4.74 Å². The van der Waals surface area contributed by atoms with E-state index in [4.69, 9.17) is 14.8 Å². The van der Waals surface area contributed by atoms with Gasteiger partial charge in [-0.3, -0.25) is 4.57 Å². The molecule has 0 N–H and O–H groups in total. The summed E-state index contributed by atoms with van der Waals surface area (Å²) in [5.41, 5.74) is 12.1. The van der Waals surface area contributed by atoms with Crippen LogP contribution >= 0.6 is 23.5 Å². The summed E-state index contributed by atoms with van der Waals surface area (Å²) in [4.78, 5) is 4.74. The maximum atomic E-state index is 6.61. The van der Waals surface area contributed by atoms with E-state index in [1.54, 1.807) is 0 Å². The summed E-state index contributed by atoms with van der Waals surface area (Å²) in [5, 5.41) is 9.85. The highest BCUT2D eigenvalue weighted by Crippen LogP contribution is 2.44. The molecule has 5 nitrogen and oxygen atoms in total. The monoisotopic (exact) mass is 668 g/mol. The molecule has 7 aromatic rings. The lowest BCUT2D eigenvalue weighted by molar-refractivity contribution is 0.482. The molecule has 3 heterocycles. The summed E-state index contributed by atoms with van der Waals surface area (Å²) >= 11 is 3.65. The molecule has 0 spiro atoms. The number of benzene rings is 4. The first-order valence-corrected chi connectivity index (χ1v) is 18.5. The molecular formula is C41H40N4OS2. The first kappa shape index (κ1) is 32.1. The Bertz CT molecular complexity index is 2290. The minimum Gasteiger partial charge on any atom is -0.457 e. The number of hydrogen-bond donors (Lipinski definition) is 0. The van der Waals surface area contributed by atoms with Gasteiger partial charge in [0.05, 0.1) is 16.7 Å². The normalized spacial score (nSPS) is 11.6. The Morgan fingerprint density at radius 2 is 1.40 bits per heavy atom. The Hall–Kier alpha value is -4.46. The number of nitrogens with zero attached hydrogens (tertiary/aromatic N) is 4. The molecule has 7 rings (SSSR count). The Morgan fingerprint density at radius 1 is 0.667 bits per heavy atom. The molecule has 0 saturated carbocycles. The van der Waals surface area contributed by atoms with E-state index in [0.717, 1.165) is 50.6 Å². The van der Waals surface area contributed by atoms with Crippen LogP contribution in [0.3, 0.4) is 0 Å². The van der Waals surface area contributed by atoms with Gasteiger partial charge in [-0.2, -0.15) is 5.10 Å². The molecule has 0 radical (unpaired) electrons. The third-order valence-corrected chi connectivity index (χ3v) is 10.8. The van der Waals surface area contributed by atoms with Gasteiger partial charge in [-0.05, 0) is 122 Å². The van der Waals surface area contributed by atoms with Gasteiger partial charge in [0.25, 0.3) is 0 Å². The minimum absolute atomic E-state index is 0.760.